The van der Waals surface area contributed by atoms with Gasteiger partial charge in [0.2, 0.25) is 0 Å². The van der Waals surface area contributed by atoms with Crippen LogP contribution in [0.2, 0.25) is 0 Å². The predicted octanol–water partition coefficient (Wildman–Crippen LogP) is 1.78. The topological polar surface area (TPSA) is 47.1 Å². The van der Waals surface area contributed by atoms with Gasteiger partial charge in [0.25, 0.3) is 0 Å². The molecular formula is C13H24N4. The van der Waals surface area contributed by atoms with Crippen molar-refractivity contribution in [3.63, 3.8) is 0 Å². The van der Waals surface area contributed by atoms with Gasteiger partial charge in [-0.3, -0.25) is 9.58 Å². The van der Waals surface area contributed by atoms with Gasteiger partial charge in [-0.15, -0.1) is 0 Å². The van der Waals surface area contributed by atoms with E-state index in [-0.39, 0.29) is 0 Å². The number of hydrogen-bond acceptors (Lipinski definition) is 3. The fourth-order valence-corrected chi connectivity index (χ4v) is 2.59. The molecule has 0 amide bonds. The molecule has 0 bridgehead atoms. The fourth-order valence-electron chi connectivity index (χ4n) is 2.59. The molecule has 0 aliphatic heterocycles. The zero-order valence-corrected chi connectivity index (χ0v) is 10.8. The molecule has 0 radical (unpaired) electrons. The summed E-state index contributed by atoms with van der Waals surface area (Å²) < 4.78 is 2.17. The summed E-state index contributed by atoms with van der Waals surface area (Å²) in [7, 11) is 2.09. The molecule has 2 rings (SSSR count). The number of hydrogen-bond donors (Lipinski definition) is 1. The molecular weight excluding hydrogens is 212 g/mol. The van der Waals surface area contributed by atoms with Gasteiger partial charge in [-0.25, -0.2) is 0 Å². The maximum absolute atomic E-state index is 5.54. The van der Waals surface area contributed by atoms with Crippen molar-refractivity contribution >= 4 is 0 Å². The monoisotopic (exact) mass is 236 g/mol. The van der Waals surface area contributed by atoms with E-state index in [4.69, 9.17) is 10.8 Å². The number of nitrogens with zero attached hydrogens (tertiary/aromatic N) is 3. The van der Waals surface area contributed by atoms with Crippen LogP contribution in [0.3, 0.4) is 0 Å². The number of likely N-dealkylation sites (N-methyl/N-ethyl adjacent to an activating group) is 1. The van der Waals surface area contributed by atoms with Gasteiger partial charge >= 0.3 is 0 Å². The van der Waals surface area contributed by atoms with E-state index in [2.05, 4.69) is 28.9 Å². The maximum Gasteiger partial charge on any atom is 0.0764 e. The van der Waals surface area contributed by atoms with Crippen LogP contribution in [-0.4, -0.2) is 34.8 Å². The smallest absolute Gasteiger partial charge is 0.0764 e. The van der Waals surface area contributed by atoms with Gasteiger partial charge in [0.1, 0.15) is 0 Å². The minimum Gasteiger partial charge on any atom is -0.329 e. The molecule has 1 aromatic rings. The predicted molar refractivity (Wildman–Crippen MR) is 69.7 cm³/mol. The van der Waals surface area contributed by atoms with Crippen molar-refractivity contribution in [1.29, 1.82) is 0 Å². The quantitative estimate of drug-likeness (QED) is 0.847. The maximum atomic E-state index is 5.54. The van der Waals surface area contributed by atoms with Gasteiger partial charge in [-0.05, 0) is 26.0 Å². The zero-order valence-electron chi connectivity index (χ0n) is 10.8. The number of rotatable bonds is 5. The Bertz CT molecular complexity index is 328. The summed E-state index contributed by atoms with van der Waals surface area (Å²) in [6.45, 7) is 2.53. The molecule has 0 aromatic carbocycles. The van der Waals surface area contributed by atoms with E-state index >= 15 is 0 Å². The molecule has 1 aliphatic carbocycles. The molecule has 96 valence electrons. The van der Waals surface area contributed by atoms with Crippen molar-refractivity contribution in [3.8, 4) is 0 Å². The molecule has 1 aliphatic rings. The lowest BCUT2D eigenvalue weighted by molar-refractivity contribution is 0.312. The third kappa shape index (κ3) is 3.54. The summed E-state index contributed by atoms with van der Waals surface area (Å²) >= 11 is 0. The van der Waals surface area contributed by atoms with Crippen molar-refractivity contribution in [1.82, 2.24) is 14.7 Å². The lowest BCUT2D eigenvalue weighted by atomic mass is 9.96. The highest BCUT2D eigenvalue weighted by Gasteiger charge is 2.16. The molecule has 1 aromatic heterocycles. The highest BCUT2D eigenvalue weighted by Crippen LogP contribution is 2.27. The highest BCUT2D eigenvalue weighted by molar-refractivity contribution is 4.99. The Morgan fingerprint density at radius 2 is 2.18 bits per heavy atom. The number of aromatic nitrogens is 2. The Balaban J connectivity index is 1.90. The van der Waals surface area contributed by atoms with Gasteiger partial charge in [0.15, 0.2) is 0 Å². The second kappa shape index (κ2) is 6.17. The molecule has 0 unspecified atom stereocenters. The highest BCUT2D eigenvalue weighted by atomic mass is 15.3. The van der Waals surface area contributed by atoms with E-state index in [0.29, 0.717) is 12.6 Å². The van der Waals surface area contributed by atoms with Crippen LogP contribution < -0.4 is 5.73 Å². The van der Waals surface area contributed by atoms with E-state index in [1.165, 1.54) is 32.1 Å². The average molecular weight is 236 g/mol. The molecule has 17 heavy (non-hydrogen) atoms. The first kappa shape index (κ1) is 12.6. The summed E-state index contributed by atoms with van der Waals surface area (Å²) in [6.07, 6.45) is 8.82. The molecule has 0 atom stereocenters. The van der Waals surface area contributed by atoms with Crippen LogP contribution in [0.1, 0.15) is 43.8 Å². The van der Waals surface area contributed by atoms with Gasteiger partial charge in [0.05, 0.1) is 11.7 Å². The van der Waals surface area contributed by atoms with E-state index in [0.717, 1.165) is 18.8 Å². The fraction of sp³-hybridized carbons (Fsp3) is 0.769. The van der Waals surface area contributed by atoms with Crippen LogP contribution >= 0.6 is 0 Å². The largest absolute Gasteiger partial charge is 0.329 e. The Labute approximate surface area is 104 Å². The van der Waals surface area contributed by atoms with Crippen LogP contribution in [0.15, 0.2) is 12.3 Å². The Morgan fingerprint density at radius 1 is 1.41 bits per heavy atom. The normalized spacial score (nSPS) is 17.8. The van der Waals surface area contributed by atoms with E-state index in [9.17, 15) is 0 Å². The van der Waals surface area contributed by atoms with Crippen molar-refractivity contribution in [2.75, 3.05) is 20.1 Å². The molecule has 2 N–H and O–H groups in total. The number of nitrogens with two attached hydrogens (primary N) is 1. The Kier molecular flexibility index (Phi) is 4.57. The first-order valence-corrected chi connectivity index (χ1v) is 6.72. The van der Waals surface area contributed by atoms with Crippen molar-refractivity contribution < 1.29 is 0 Å². The van der Waals surface area contributed by atoms with Crippen LogP contribution in [0.25, 0.3) is 0 Å². The molecule has 1 saturated carbocycles. The van der Waals surface area contributed by atoms with Crippen LogP contribution in [0.5, 0.6) is 0 Å². The Hall–Kier alpha value is -0.870. The first-order valence-electron chi connectivity index (χ1n) is 6.72. The Morgan fingerprint density at radius 3 is 2.88 bits per heavy atom. The van der Waals surface area contributed by atoms with E-state index in [1.54, 1.807) is 0 Å². The SMILES string of the molecule is CN(CCN)Cc1ccn(C2CCCCC2)n1. The zero-order chi connectivity index (χ0) is 12.1. The van der Waals surface area contributed by atoms with Crippen molar-refractivity contribution in [2.24, 2.45) is 5.73 Å². The molecule has 1 heterocycles. The summed E-state index contributed by atoms with van der Waals surface area (Å²) in [5.74, 6) is 0. The van der Waals surface area contributed by atoms with E-state index < -0.39 is 0 Å². The summed E-state index contributed by atoms with van der Waals surface area (Å²) in [5, 5.41) is 4.69. The lowest BCUT2D eigenvalue weighted by Crippen LogP contribution is -2.25. The molecule has 4 heteroatoms. The minimum atomic E-state index is 0.636. The first-order chi connectivity index (χ1) is 8.29. The van der Waals surface area contributed by atoms with Gasteiger partial charge in [0, 0.05) is 25.8 Å². The molecule has 4 nitrogen and oxygen atoms in total. The van der Waals surface area contributed by atoms with Crippen LogP contribution in [-0.2, 0) is 6.54 Å². The molecule has 1 fully saturated rings. The molecule has 0 saturated heterocycles. The average Bonchev–Trinajstić information content (AvgIpc) is 2.79. The van der Waals surface area contributed by atoms with Crippen molar-refractivity contribution in [3.05, 3.63) is 18.0 Å². The van der Waals surface area contributed by atoms with Gasteiger partial charge in [-0.1, -0.05) is 19.3 Å². The minimum absolute atomic E-state index is 0.636. The second-order valence-corrected chi connectivity index (χ2v) is 5.11. The summed E-state index contributed by atoms with van der Waals surface area (Å²) in [6, 6.07) is 2.78. The van der Waals surface area contributed by atoms with Gasteiger partial charge in [-0.2, -0.15) is 5.10 Å². The van der Waals surface area contributed by atoms with Crippen molar-refractivity contribution in [2.45, 2.75) is 44.7 Å². The summed E-state index contributed by atoms with van der Waals surface area (Å²) in [5.41, 5.74) is 6.70. The summed E-state index contributed by atoms with van der Waals surface area (Å²) in [4.78, 5) is 2.22. The second-order valence-electron chi connectivity index (χ2n) is 5.11. The third-order valence-corrected chi connectivity index (χ3v) is 3.56. The van der Waals surface area contributed by atoms with E-state index in [1.807, 2.05) is 0 Å². The standard InChI is InChI=1S/C13H24N4/c1-16(10-8-14)11-12-7-9-17(15-12)13-5-3-2-4-6-13/h7,9,13H,2-6,8,10-11,14H2,1H3. The lowest BCUT2D eigenvalue weighted by Gasteiger charge is -2.22. The van der Waals surface area contributed by atoms with Crippen LogP contribution in [0, 0.1) is 0 Å². The third-order valence-electron chi connectivity index (χ3n) is 3.56. The van der Waals surface area contributed by atoms with Crippen LogP contribution in [0.4, 0.5) is 0 Å². The molecule has 0 spiro atoms. The van der Waals surface area contributed by atoms with Gasteiger partial charge < -0.3 is 5.73 Å².